The Balaban J connectivity index is 1.17. The number of ether oxygens (including phenoxy) is 2. The van der Waals surface area contributed by atoms with Gasteiger partial charge in [0, 0.05) is 57.1 Å². The lowest BCUT2D eigenvalue weighted by Crippen LogP contribution is -2.43. The van der Waals surface area contributed by atoms with Crippen LogP contribution in [0.3, 0.4) is 0 Å². The van der Waals surface area contributed by atoms with E-state index in [2.05, 4.69) is 26.5 Å². The minimum Gasteiger partial charge on any atom is -0.379 e. The van der Waals surface area contributed by atoms with Crippen LogP contribution < -0.4 is 15.5 Å². The number of morpholine rings is 2. The summed E-state index contributed by atoms with van der Waals surface area (Å²) >= 11 is 0. The minimum absolute atomic E-state index is 0.0616. The van der Waals surface area contributed by atoms with Crippen LogP contribution in [-0.4, -0.2) is 91.2 Å². The van der Waals surface area contributed by atoms with Crippen LogP contribution in [0.2, 0.25) is 0 Å². The Hall–Kier alpha value is -2.95. The monoisotopic (exact) mass is 453 g/mol. The van der Waals surface area contributed by atoms with Gasteiger partial charge in [0.2, 0.25) is 0 Å². The number of hydrogen-bond acceptors (Lipinski definition) is 7. The third-order valence-electron chi connectivity index (χ3n) is 6.21. The molecule has 3 aliphatic rings. The van der Waals surface area contributed by atoms with Crippen molar-refractivity contribution in [3.63, 3.8) is 0 Å². The number of allylic oxidation sites excluding steroid dienone is 3. The lowest BCUT2D eigenvalue weighted by atomic mass is 9.98. The van der Waals surface area contributed by atoms with Gasteiger partial charge < -0.3 is 25.0 Å². The SMILES string of the molecule is O=C(NCCN1CCOCC1)NC1=CCC(c2nc(N3CCOCC3)c3cccn3n2)C=C1. The summed E-state index contributed by atoms with van der Waals surface area (Å²) in [5.41, 5.74) is 1.80. The fourth-order valence-corrected chi connectivity index (χ4v) is 4.33. The lowest BCUT2D eigenvalue weighted by Gasteiger charge is -2.29. The zero-order valence-electron chi connectivity index (χ0n) is 18.8. The van der Waals surface area contributed by atoms with Crippen molar-refractivity contribution in [1.29, 1.82) is 0 Å². The number of hydrogen-bond donors (Lipinski definition) is 2. The van der Waals surface area contributed by atoms with Crippen LogP contribution in [0.5, 0.6) is 0 Å². The Morgan fingerprint density at radius 1 is 1.12 bits per heavy atom. The second-order valence-corrected chi connectivity index (χ2v) is 8.43. The molecule has 4 heterocycles. The van der Waals surface area contributed by atoms with Crippen molar-refractivity contribution >= 4 is 17.4 Å². The van der Waals surface area contributed by atoms with Gasteiger partial charge in [-0.05, 0) is 24.6 Å². The van der Waals surface area contributed by atoms with E-state index in [4.69, 9.17) is 19.6 Å². The largest absolute Gasteiger partial charge is 0.379 e. The summed E-state index contributed by atoms with van der Waals surface area (Å²) in [4.78, 5) is 21.8. The predicted molar refractivity (Wildman–Crippen MR) is 124 cm³/mol. The molecule has 2 aromatic rings. The number of carbonyl (C=O) groups is 1. The van der Waals surface area contributed by atoms with Gasteiger partial charge in [-0.15, -0.1) is 0 Å². The summed E-state index contributed by atoms with van der Waals surface area (Å²) in [5, 5.41) is 10.6. The molecule has 2 aliphatic heterocycles. The van der Waals surface area contributed by atoms with Crippen LogP contribution in [0.15, 0.2) is 42.3 Å². The summed E-state index contributed by atoms with van der Waals surface area (Å²) in [6, 6.07) is 3.86. The highest BCUT2D eigenvalue weighted by atomic mass is 16.5. The topological polar surface area (TPSA) is 96.3 Å². The summed E-state index contributed by atoms with van der Waals surface area (Å²) in [6.45, 7) is 7.88. The van der Waals surface area contributed by atoms with Gasteiger partial charge >= 0.3 is 6.03 Å². The van der Waals surface area contributed by atoms with Crippen molar-refractivity contribution in [2.45, 2.75) is 12.3 Å². The van der Waals surface area contributed by atoms with E-state index in [0.29, 0.717) is 19.8 Å². The molecule has 0 bridgehead atoms. The lowest BCUT2D eigenvalue weighted by molar-refractivity contribution is 0.0387. The maximum atomic E-state index is 12.3. The zero-order chi connectivity index (χ0) is 22.5. The third-order valence-corrected chi connectivity index (χ3v) is 6.21. The van der Waals surface area contributed by atoms with Gasteiger partial charge in [0.15, 0.2) is 11.6 Å². The Bertz CT molecular complexity index is 1020. The molecule has 10 heteroatoms. The number of anilines is 1. The molecule has 33 heavy (non-hydrogen) atoms. The second-order valence-electron chi connectivity index (χ2n) is 8.43. The van der Waals surface area contributed by atoms with Crippen LogP contribution >= 0.6 is 0 Å². The van der Waals surface area contributed by atoms with Crippen molar-refractivity contribution in [3.8, 4) is 0 Å². The summed E-state index contributed by atoms with van der Waals surface area (Å²) in [7, 11) is 0. The number of aromatic nitrogens is 3. The molecule has 176 valence electrons. The predicted octanol–water partition coefficient (Wildman–Crippen LogP) is 1.12. The van der Waals surface area contributed by atoms with Crippen LogP contribution in [0, 0.1) is 0 Å². The van der Waals surface area contributed by atoms with E-state index >= 15 is 0 Å². The third kappa shape index (κ3) is 5.35. The van der Waals surface area contributed by atoms with Crippen LogP contribution in [0.1, 0.15) is 18.2 Å². The number of nitrogens with one attached hydrogen (secondary N) is 2. The van der Waals surface area contributed by atoms with E-state index in [0.717, 1.165) is 75.2 Å². The molecule has 2 N–H and O–H groups in total. The molecule has 2 aromatic heterocycles. The first kappa shape index (κ1) is 21.9. The number of amides is 2. The Morgan fingerprint density at radius 3 is 2.67 bits per heavy atom. The van der Waals surface area contributed by atoms with Crippen molar-refractivity contribution in [2.24, 2.45) is 0 Å². The molecule has 2 saturated heterocycles. The normalized spacial score (nSPS) is 21.8. The maximum Gasteiger partial charge on any atom is 0.319 e. The standard InChI is InChI=1S/C23H31N7O3/c31-23(24-7-9-28-10-14-32-15-11-28)25-19-5-3-18(4-6-19)21-26-22(29-12-16-33-17-13-29)20-2-1-8-30(20)27-21/h1-3,5-6,8,18H,4,7,9-17H2,(H2,24,25,31). The van der Waals surface area contributed by atoms with Gasteiger partial charge in [-0.3, -0.25) is 4.90 Å². The number of nitrogens with zero attached hydrogens (tertiary/aromatic N) is 5. The van der Waals surface area contributed by atoms with Gasteiger partial charge in [0.1, 0.15) is 5.52 Å². The zero-order valence-corrected chi connectivity index (χ0v) is 18.8. The van der Waals surface area contributed by atoms with Crippen LogP contribution in [0.25, 0.3) is 5.52 Å². The molecule has 1 unspecified atom stereocenters. The quantitative estimate of drug-likeness (QED) is 0.677. The Labute approximate surface area is 193 Å². The van der Waals surface area contributed by atoms with E-state index in [1.54, 1.807) is 0 Å². The van der Waals surface area contributed by atoms with Gasteiger partial charge in [0.05, 0.1) is 26.4 Å². The molecule has 0 saturated carbocycles. The number of urea groups is 1. The molecule has 1 atom stereocenters. The molecule has 0 radical (unpaired) electrons. The van der Waals surface area contributed by atoms with Crippen molar-refractivity contribution in [1.82, 2.24) is 30.1 Å². The summed E-state index contributed by atoms with van der Waals surface area (Å²) < 4.78 is 12.8. The maximum absolute atomic E-state index is 12.3. The smallest absolute Gasteiger partial charge is 0.319 e. The Kier molecular flexibility index (Phi) is 6.84. The number of carbonyl (C=O) groups excluding carboxylic acids is 1. The highest BCUT2D eigenvalue weighted by molar-refractivity contribution is 5.76. The van der Waals surface area contributed by atoms with E-state index in [1.165, 1.54) is 0 Å². The first-order valence-corrected chi connectivity index (χ1v) is 11.7. The second kappa shape index (κ2) is 10.3. The fourth-order valence-electron chi connectivity index (χ4n) is 4.33. The van der Waals surface area contributed by atoms with Crippen molar-refractivity contribution < 1.29 is 14.3 Å². The molecule has 0 spiro atoms. The number of fused-ring (bicyclic) bond motifs is 1. The van der Waals surface area contributed by atoms with Crippen LogP contribution in [-0.2, 0) is 9.47 Å². The van der Waals surface area contributed by atoms with E-state index in [9.17, 15) is 4.79 Å². The summed E-state index contributed by atoms with van der Waals surface area (Å²) in [6.07, 6.45) is 8.73. The minimum atomic E-state index is -0.183. The fraction of sp³-hybridized carbons (Fsp3) is 0.522. The highest BCUT2D eigenvalue weighted by Gasteiger charge is 2.21. The summed E-state index contributed by atoms with van der Waals surface area (Å²) in [5.74, 6) is 1.79. The highest BCUT2D eigenvalue weighted by Crippen LogP contribution is 2.27. The molecular weight excluding hydrogens is 422 g/mol. The van der Waals surface area contributed by atoms with Gasteiger partial charge in [-0.2, -0.15) is 5.10 Å². The van der Waals surface area contributed by atoms with E-state index in [-0.39, 0.29) is 11.9 Å². The molecular formula is C23H31N7O3. The molecule has 2 amide bonds. The first-order chi connectivity index (χ1) is 16.3. The first-order valence-electron chi connectivity index (χ1n) is 11.7. The van der Waals surface area contributed by atoms with Crippen LogP contribution in [0.4, 0.5) is 10.6 Å². The van der Waals surface area contributed by atoms with E-state index in [1.807, 2.05) is 35.0 Å². The van der Waals surface area contributed by atoms with Gasteiger partial charge in [-0.25, -0.2) is 14.3 Å². The van der Waals surface area contributed by atoms with Gasteiger partial charge in [0.25, 0.3) is 0 Å². The molecule has 2 fully saturated rings. The van der Waals surface area contributed by atoms with Crippen molar-refractivity contribution in [3.05, 3.63) is 48.1 Å². The molecule has 10 nitrogen and oxygen atoms in total. The number of rotatable bonds is 6. The van der Waals surface area contributed by atoms with Gasteiger partial charge in [-0.1, -0.05) is 12.2 Å². The molecule has 5 rings (SSSR count). The van der Waals surface area contributed by atoms with Crippen molar-refractivity contribution in [2.75, 3.05) is 70.6 Å². The molecule has 0 aromatic carbocycles. The Morgan fingerprint density at radius 2 is 1.91 bits per heavy atom. The average Bonchev–Trinajstić information content (AvgIpc) is 3.34. The molecule has 1 aliphatic carbocycles. The van der Waals surface area contributed by atoms with E-state index < -0.39 is 0 Å². The average molecular weight is 454 g/mol.